The van der Waals surface area contributed by atoms with Crippen LogP contribution in [0.15, 0.2) is 24.3 Å². The number of hydrogen-bond donors (Lipinski definition) is 1. The van der Waals surface area contributed by atoms with Crippen LogP contribution in [0.3, 0.4) is 0 Å². The van der Waals surface area contributed by atoms with Crippen LogP contribution in [0.4, 0.5) is 5.69 Å². The molecule has 1 fully saturated rings. The van der Waals surface area contributed by atoms with E-state index in [4.69, 9.17) is 10.5 Å². The van der Waals surface area contributed by atoms with Gasteiger partial charge in [-0.3, -0.25) is 0 Å². The van der Waals surface area contributed by atoms with E-state index in [1.165, 1.54) is 5.69 Å². The molecule has 1 heterocycles. The summed E-state index contributed by atoms with van der Waals surface area (Å²) in [6, 6.07) is 8.75. The first-order valence-corrected chi connectivity index (χ1v) is 5.44. The summed E-state index contributed by atoms with van der Waals surface area (Å²) in [7, 11) is 0. The highest BCUT2D eigenvalue weighted by Gasteiger charge is 2.32. The third-order valence-corrected chi connectivity index (χ3v) is 2.53. The van der Waals surface area contributed by atoms with Crippen molar-refractivity contribution in [2.45, 2.75) is 26.0 Å². The smallest absolute Gasteiger partial charge is 0.119 e. The summed E-state index contributed by atoms with van der Waals surface area (Å²) in [5.41, 5.74) is 6.83. The Hall–Kier alpha value is -1.22. The van der Waals surface area contributed by atoms with Gasteiger partial charge in [0.05, 0.1) is 12.1 Å². The molecule has 0 bridgehead atoms. The lowest BCUT2D eigenvalue weighted by Crippen LogP contribution is -2.11. The first-order valence-electron chi connectivity index (χ1n) is 5.44. The number of hydrogen-bond acceptors (Lipinski definition) is 3. The van der Waals surface area contributed by atoms with Crippen LogP contribution in [-0.2, 0) is 0 Å². The van der Waals surface area contributed by atoms with Crippen LogP contribution in [0.25, 0.3) is 0 Å². The molecule has 82 valence electrons. The minimum atomic E-state index is 0.230. The van der Waals surface area contributed by atoms with Crippen molar-refractivity contribution in [1.82, 2.24) is 0 Å². The van der Waals surface area contributed by atoms with E-state index < -0.39 is 0 Å². The molecule has 15 heavy (non-hydrogen) atoms. The molecule has 2 rings (SSSR count). The van der Waals surface area contributed by atoms with Gasteiger partial charge in [0.15, 0.2) is 0 Å². The first kappa shape index (κ1) is 10.3. The van der Waals surface area contributed by atoms with Gasteiger partial charge in [-0.15, -0.1) is 0 Å². The Balaban J connectivity index is 1.99. The lowest BCUT2D eigenvalue weighted by molar-refractivity contribution is 0.242. The molecule has 1 aliphatic heterocycles. The largest absolute Gasteiger partial charge is 0.491 e. The maximum Gasteiger partial charge on any atom is 0.119 e. The molecule has 0 aromatic heterocycles. The molecule has 1 aromatic rings. The lowest BCUT2D eigenvalue weighted by Gasteiger charge is -2.10. The summed E-state index contributed by atoms with van der Waals surface area (Å²) in [6.45, 7) is 5.89. The van der Waals surface area contributed by atoms with Crippen LogP contribution in [0, 0.1) is 0 Å². The minimum absolute atomic E-state index is 0.230. The van der Waals surface area contributed by atoms with Crippen LogP contribution < -0.4 is 15.4 Å². The van der Waals surface area contributed by atoms with Gasteiger partial charge < -0.3 is 15.4 Å². The van der Waals surface area contributed by atoms with Crippen LogP contribution in [-0.4, -0.2) is 25.2 Å². The third kappa shape index (κ3) is 2.42. The summed E-state index contributed by atoms with van der Waals surface area (Å²) in [6.07, 6.45) is 0.230. The predicted octanol–water partition coefficient (Wildman–Crippen LogP) is 1.62. The Bertz CT molecular complexity index is 321. The molecule has 1 unspecified atom stereocenters. The summed E-state index contributed by atoms with van der Waals surface area (Å²) >= 11 is 0. The monoisotopic (exact) mass is 206 g/mol. The Morgan fingerprint density at radius 2 is 2.07 bits per heavy atom. The second-order valence-electron chi connectivity index (χ2n) is 4.20. The molecule has 1 atom stereocenters. The highest BCUT2D eigenvalue weighted by atomic mass is 16.5. The van der Waals surface area contributed by atoms with Gasteiger partial charge in [0, 0.05) is 18.8 Å². The van der Waals surface area contributed by atoms with Gasteiger partial charge in [-0.05, 0) is 38.1 Å². The zero-order chi connectivity index (χ0) is 10.8. The van der Waals surface area contributed by atoms with E-state index in [1.807, 2.05) is 26.0 Å². The van der Waals surface area contributed by atoms with Crippen molar-refractivity contribution in [3.63, 3.8) is 0 Å². The number of anilines is 1. The van der Waals surface area contributed by atoms with E-state index in [1.54, 1.807) is 0 Å². The van der Waals surface area contributed by atoms with Crippen molar-refractivity contribution in [2.75, 3.05) is 18.0 Å². The van der Waals surface area contributed by atoms with E-state index in [0.29, 0.717) is 6.04 Å². The predicted molar refractivity (Wildman–Crippen MR) is 62.4 cm³/mol. The summed E-state index contributed by atoms with van der Waals surface area (Å²) in [4.78, 5) is 2.29. The zero-order valence-corrected chi connectivity index (χ0v) is 9.31. The number of nitrogens with two attached hydrogens (primary N) is 1. The van der Waals surface area contributed by atoms with Crippen LogP contribution in [0.1, 0.15) is 13.8 Å². The quantitative estimate of drug-likeness (QED) is 0.761. The molecule has 3 nitrogen and oxygen atoms in total. The SMILES string of the molecule is CC(C)Oc1ccc(N2CC2CN)cc1. The molecule has 0 aliphatic carbocycles. The molecular formula is C12H18N2O. The van der Waals surface area contributed by atoms with Crippen molar-refractivity contribution >= 4 is 5.69 Å². The van der Waals surface area contributed by atoms with Gasteiger partial charge in [0.2, 0.25) is 0 Å². The lowest BCUT2D eigenvalue weighted by atomic mass is 10.3. The first-order chi connectivity index (χ1) is 7.20. The zero-order valence-electron chi connectivity index (χ0n) is 9.31. The maximum atomic E-state index is 5.59. The average molecular weight is 206 g/mol. The van der Waals surface area contributed by atoms with Gasteiger partial charge in [-0.1, -0.05) is 0 Å². The topological polar surface area (TPSA) is 38.3 Å². The molecule has 0 radical (unpaired) electrons. The molecule has 0 amide bonds. The number of rotatable bonds is 4. The fourth-order valence-corrected chi connectivity index (χ4v) is 1.69. The Morgan fingerprint density at radius 1 is 1.40 bits per heavy atom. The van der Waals surface area contributed by atoms with Crippen LogP contribution in [0.5, 0.6) is 5.75 Å². The Kier molecular flexibility index (Phi) is 2.82. The minimum Gasteiger partial charge on any atom is -0.491 e. The van der Waals surface area contributed by atoms with E-state index in [9.17, 15) is 0 Å². The fraction of sp³-hybridized carbons (Fsp3) is 0.500. The molecule has 3 heteroatoms. The van der Waals surface area contributed by atoms with Gasteiger partial charge in [-0.25, -0.2) is 0 Å². The van der Waals surface area contributed by atoms with Crippen molar-refractivity contribution in [1.29, 1.82) is 0 Å². The second-order valence-corrected chi connectivity index (χ2v) is 4.20. The standard InChI is InChI=1S/C12H18N2O/c1-9(2)15-12-5-3-10(4-6-12)14-8-11(14)7-13/h3-6,9,11H,7-8,13H2,1-2H3. The molecule has 2 N–H and O–H groups in total. The molecule has 0 spiro atoms. The van der Waals surface area contributed by atoms with Crippen molar-refractivity contribution in [3.05, 3.63) is 24.3 Å². The summed E-state index contributed by atoms with van der Waals surface area (Å²) < 4.78 is 5.58. The fourth-order valence-electron chi connectivity index (χ4n) is 1.69. The highest BCUT2D eigenvalue weighted by Crippen LogP contribution is 2.28. The molecular weight excluding hydrogens is 188 g/mol. The summed E-state index contributed by atoms with van der Waals surface area (Å²) in [5, 5.41) is 0. The number of ether oxygens (including phenoxy) is 1. The highest BCUT2D eigenvalue weighted by molar-refractivity contribution is 5.55. The van der Waals surface area contributed by atoms with Crippen LogP contribution >= 0.6 is 0 Å². The normalized spacial score (nSPS) is 19.5. The molecule has 1 saturated heterocycles. The van der Waals surface area contributed by atoms with Gasteiger partial charge in [0.1, 0.15) is 5.75 Å². The molecule has 1 aliphatic rings. The van der Waals surface area contributed by atoms with E-state index >= 15 is 0 Å². The van der Waals surface area contributed by atoms with Gasteiger partial charge >= 0.3 is 0 Å². The molecule has 0 saturated carbocycles. The van der Waals surface area contributed by atoms with Crippen molar-refractivity contribution in [3.8, 4) is 5.75 Å². The van der Waals surface area contributed by atoms with Gasteiger partial charge in [0.25, 0.3) is 0 Å². The number of benzene rings is 1. The van der Waals surface area contributed by atoms with Gasteiger partial charge in [-0.2, -0.15) is 0 Å². The van der Waals surface area contributed by atoms with Crippen LogP contribution in [0.2, 0.25) is 0 Å². The Labute approximate surface area is 90.8 Å². The van der Waals surface area contributed by atoms with E-state index in [-0.39, 0.29) is 6.10 Å². The van der Waals surface area contributed by atoms with Crippen molar-refractivity contribution < 1.29 is 4.74 Å². The maximum absolute atomic E-state index is 5.59. The van der Waals surface area contributed by atoms with E-state index in [2.05, 4.69) is 17.0 Å². The second kappa shape index (κ2) is 4.11. The third-order valence-electron chi connectivity index (χ3n) is 2.53. The summed E-state index contributed by atoms with van der Waals surface area (Å²) in [5.74, 6) is 0.930. The Morgan fingerprint density at radius 3 is 2.53 bits per heavy atom. The van der Waals surface area contributed by atoms with Crippen molar-refractivity contribution in [2.24, 2.45) is 5.73 Å². The van der Waals surface area contributed by atoms with E-state index in [0.717, 1.165) is 18.8 Å². The molecule has 1 aromatic carbocycles. The average Bonchev–Trinajstić information content (AvgIpc) is 2.97. The number of nitrogens with zero attached hydrogens (tertiary/aromatic N) is 1.